The molecule has 0 bridgehead atoms. The Labute approximate surface area is 162 Å². The zero-order valence-electron chi connectivity index (χ0n) is 14.7. The van der Waals surface area contributed by atoms with Crippen molar-refractivity contribution in [1.29, 1.82) is 0 Å². The maximum Gasteiger partial charge on any atom is 0.213 e. The van der Waals surface area contributed by atoms with E-state index in [1.54, 1.807) is 6.20 Å². The normalized spacial score (nSPS) is 13.8. The van der Waals surface area contributed by atoms with Crippen molar-refractivity contribution in [2.24, 2.45) is 10.9 Å². The van der Waals surface area contributed by atoms with Crippen LogP contribution in [-0.4, -0.2) is 43.1 Å². The Morgan fingerprint density at radius 1 is 1.54 bits per heavy atom. The number of unbranched alkanes of at least 4 members (excludes halogenated alkanes) is 1. The van der Waals surface area contributed by atoms with Crippen LogP contribution in [0.1, 0.15) is 31.2 Å². The van der Waals surface area contributed by atoms with Crippen LogP contribution in [0.4, 0.5) is 0 Å². The molecule has 1 aliphatic rings. The van der Waals surface area contributed by atoms with Gasteiger partial charge in [-0.25, -0.2) is 4.98 Å². The molecule has 1 fully saturated rings. The zero-order chi connectivity index (χ0) is 16.5. The Bertz CT molecular complexity index is 532. The van der Waals surface area contributed by atoms with Crippen LogP contribution in [0, 0.1) is 5.92 Å². The highest BCUT2D eigenvalue weighted by Crippen LogP contribution is 2.29. The molecule has 0 saturated heterocycles. The number of ether oxygens (including phenoxy) is 1. The Morgan fingerprint density at radius 3 is 3.00 bits per heavy atom. The molecule has 6 heteroatoms. The first kappa shape index (κ1) is 20.7. The van der Waals surface area contributed by atoms with Crippen LogP contribution in [0.15, 0.2) is 36.0 Å². The van der Waals surface area contributed by atoms with Crippen LogP contribution in [0.5, 0.6) is 5.88 Å². The average Bonchev–Trinajstić information content (AvgIpc) is 3.38. The van der Waals surface area contributed by atoms with E-state index < -0.39 is 0 Å². The van der Waals surface area contributed by atoms with Gasteiger partial charge in [0.25, 0.3) is 0 Å². The number of pyridine rings is 1. The number of aromatic nitrogens is 1. The molecule has 1 N–H and O–H groups in total. The topological polar surface area (TPSA) is 49.8 Å². The largest absolute Gasteiger partial charge is 0.477 e. The summed E-state index contributed by atoms with van der Waals surface area (Å²) >= 11 is 0. The Kier molecular flexibility index (Phi) is 9.75. The SMILES string of the molecule is C=CCCCN(C)C(=NC)NCc1ccnc(OCC2CC2)c1.I. The summed E-state index contributed by atoms with van der Waals surface area (Å²) in [6, 6.07) is 4.00. The van der Waals surface area contributed by atoms with E-state index in [0.29, 0.717) is 12.4 Å². The molecule has 134 valence electrons. The van der Waals surface area contributed by atoms with E-state index in [1.807, 2.05) is 25.3 Å². The maximum absolute atomic E-state index is 5.73. The molecule has 0 atom stereocenters. The van der Waals surface area contributed by atoms with E-state index in [2.05, 4.69) is 33.8 Å². The Morgan fingerprint density at radius 2 is 2.33 bits per heavy atom. The second-order valence-corrected chi connectivity index (χ2v) is 6.01. The van der Waals surface area contributed by atoms with Gasteiger partial charge in [-0.2, -0.15) is 0 Å². The minimum atomic E-state index is 0. The molecule has 1 heterocycles. The minimum absolute atomic E-state index is 0. The molecule has 0 unspecified atom stereocenters. The number of rotatable bonds is 9. The molecule has 0 aromatic carbocycles. The number of nitrogens with one attached hydrogen (secondary N) is 1. The fourth-order valence-electron chi connectivity index (χ4n) is 2.27. The molecular formula is C18H29IN4O. The summed E-state index contributed by atoms with van der Waals surface area (Å²) in [6.07, 6.45) is 8.42. The fourth-order valence-corrected chi connectivity index (χ4v) is 2.27. The van der Waals surface area contributed by atoms with Crippen molar-refractivity contribution in [1.82, 2.24) is 15.2 Å². The summed E-state index contributed by atoms with van der Waals surface area (Å²) in [6.45, 7) is 6.21. The van der Waals surface area contributed by atoms with Gasteiger partial charge in [0.05, 0.1) is 6.61 Å². The van der Waals surface area contributed by atoms with Gasteiger partial charge in [-0.1, -0.05) is 6.08 Å². The highest BCUT2D eigenvalue weighted by atomic mass is 127. The zero-order valence-corrected chi connectivity index (χ0v) is 17.0. The van der Waals surface area contributed by atoms with E-state index in [9.17, 15) is 0 Å². The lowest BCUT2D eigenvalue weighted by molar-refractivity contribution is 0.288. The summed E-state index contributed by atoms with van der Waals surface area (Å²) in [4.78, 5) is 10.7. The summed E-state index contributed by atoms with van der Waals surface area (Å²) in [7, 11) is 3.86. The Hall–Kier alpha value is -1.31. The van der Waals surface area contributed by atoms with Gasteiger partial charge in [-0.3, -0.25) is 4.99 Å². The van der Waals surface area contributed by atoms with E-state index in [-0.39, 0.29) is 24.0 Å². The van der Waals surface area contributed by atoms with Gasteiger partial charge in [0, 0.05) is 39.4 Å². The summed E-state index contributed by atoms with van der Waals surface area (Å²) in [5.74, 6) is 2.35. The third kappa shape index (κ3) is 7.51. The number of allylic oxidation sites excluding steroid dienone is 1. The van der Waals surface area contributed by atoms with Crippen LogP contribution in [0.25, 0.3) is 0 Å². The molecule has 2 rings (SSSR count). The van der Waals surface area contributed by atoms with Crippen LogP contribution in [0.3, 0.4) is 0 Å². The van der Waals surface area contributed by atoms with E-state index in [1.165, 1.54) is 12.8 Å². The maximum atomic E-state index is 5.73. The fraction of sp³-hybridized carbons (Fsp3) is 0.556. The number of hydrogen-bond acceptors (Lipinski definition) is 3. The van der Waals surface area contributed by atoms with Gasteiger partial charge >= 0.3 is 0 Å². The molecular weight excluding hydrogens is 415 g/mol. The van der Waals surface area contributed by atoms with Crippen LogP contribution in [-0.2, 0) is 6.54 Å². The quantitative estimate of drug-likeness (QED) is 0.208. The molecule has 1 aromatic heterocycles. The average molecular weight is 444 g/mol. The second-order valence-electron chi connectivity index (χ2n) is 6.01. The lowest BCUT2D eigenvalue weighted by atomic mass is 10.2. The third-order valence-electron chi connectivity index (χ3n) is 3.89. The van der Waals surface area contributed by atoms with Crippen LogP contribution >= 0.6 is 24.0 Å². The first-order valence-electron chi connectivity index (χ1n) is 8.33. The van der Waals surface area contributed by atoms with Crippen molar-refractivity contribution in [2.75, 3.05) is 27.2 Å². The van der Waals surface area contributed by atoms with E-state index >= 15 is 0 Å². The van der Waals surface area contributed by atoms with E-state index in [0.717, 1.165) is 43.4 Å². The van der Waals surface area contributed by atoms with Gasteiger partial charge in [0.1, 0.15) is 0 Å². The predicted molar refractivity (Wildman–Crippen MR) is 110 cm³/mol. The van der Waals surface area contributed by atoms with Crippen molar-refractivity contribution < 1.29 is 4.74 Å². The van der Waals surface area contributed by atoms with Gasteiger partial charge < -0.3 is 15.0 Å². The molecule has 0 amide bonds. The van der Waals surface area contributed by atoms with Crippen LogP contribution in [0.2, 0.25) is 0 Å². The number of nitrogens with zero attached hydrogens (tertiary/aromatic N) is 3. The smallest absolute Gasteiger partial charge is 0.213 e. The molecule has 24 heavy (non-hydrogen) atoms. The number of aliphatic imine (C=N–C) groups is 1. The van der Waals surface area contributed by atoms with Gasteiger partial charge in [-0.15, -0.1) is 30.6 Å². The molecule has 0 spiro atoms. The first-order chi connectivity index (χ1) is 11.2. The lowest BCUT2D eigenvalue weighted by Crippen LogP contribution is -2.38. The van der Waals surface area contributed by atoms with Gasteiger partial charge in [0.15, 0.2) is 5.96 Å². The molecule has 1 aliphatic carbocycles. The summed E-state index contributed by atoms with van der Waals surface area (Å²) < 4.78 is 5.73. The first-order valence-corrected chi connectivity index (χ1v) is 8.33. The minimum Gasteiger partial charge on any atom is -0.477 e. The molecule has 0 radical (unpaired) electrons. The van der Waals surface area contributed by atoms with E-state index in [4.69, 9.17) is 4.74 Å². The number of hydrogen-bond donors (Lipinski definition) is 1. The lowest BCUT2D eigenvalue weighted by Gasteiger charge is -2.22. The number of guanidine groups is 1. The molecule has 5 nitrogen and oxygen atoms in total. The Balaban J connectivity index is 0.00000288. The predicted octanol–water partition coefficient (Wildman–Crippen LogP) is 3.46. The van der Waals surface area contributed by atoms with Gasteiger partial charge in [-0.05, 0) is 43.2 Å². The van der Waals surface area contributed by atoms with Crippen molar-refractivity contribution in [3.05, 3.63) is 36.5 Å². The standard InChI is InChI=1S/C18H28N4O.HI/c1-4-5-6-11-22(3)18(19-2)21-13-16-9-10-20-17(12-16)23-14-15-7-8-15;/h4,9-10,12,15H,1,5-8,11,13-14H2,2-3H3,(H,19,21);1H. The third-order valence-corrected chi connectivity index (χ3v) is 3.89. The monoisotopic (exact) mass is 444 g/mol. The van der Waals surface area contributed by atoms with Crippen molar-refractivity contribution in [3.63, 3.8) is 0 Å². The molecule has 1 saturated carbocycles. The van der Waals surface area contributed by atoms with Crippen LogP contribution < -0.4 is 10.1 Å². The highest BCUT2D eigenvalue weighted by Gasteiger charge is 2.22. The number of halogens is 1. The summed E-state index contributed by atoms with van der Waals surface area (Å²) in [5, 5.41) is 3.38. The molecule has 1 aromatic rings. The highest BCUT2D eigenvalue weighted by molar-refractivity contribution is 14.0. The van der Waals surface area contributed by atoms with Gasteiger partial charge in [0.2, 0.25) is 5.88 Å². The van der Waals surface area contributed by atoms with Crippen molar-refractivity contribution in [2.45, 2.75) is 32.2 Å². The van der Waals surface area contributed by atoms with Crippen molar-refractivity contribution >= 4 is 29.9 Å². The van der Waals surface area contributed by atoms with Crippen molar-refractivity contribution in [3.8, 4) is 5.88 Å². The second kappa shape index (κ2) is 11.3. The molecule has 0 aliphatic heterocycles. The summed E-state index contributed by atoms with van der Waals surface area (Å²) in [5.41, 5.74) is 1.14.